The molecule has 0 bridgehead atoms. The summed E-state index contributed by atoms with van der Waals surface area (Å²) in [6, 6.07) is 16.4. The molecular formula is C28H31BClN5O3. The predicted octanol–water partition coefficient (Wildman–Crippen LogP) is 2.97. The summed E-state index contributed by atoms with van der Waals surface area (Å²) in [4.78, 5) is 29.6. The van der Waals surface area contributed by atoms with E-state index in [0.29, 0.717) is 22.8 Å². The molecule has 10 heteroatoms. The lowest BCUT2D eigenvalue weighted by Crippen LogP contribution is -2.46. The first-order valence-corrected chi connectivity index (χ1v) is 12.9. The fraction of sp³-hybridized carbons (Fsp3) is 0.250. The van der Waals surface area contributed by atoms with Crippen LogP contribution >= 0.6 is 11.6 Å². The summed E-state index contributed by atoms with van der Waals surface area (Å²) >= 11 is 6.33. The summed E-state index contributed by atoms with van der Waals surface area (Å²) in [6.07, 6.45) is 4.48. The van der Waals surface area contributed by atoms with Gasteiger partial charge in [-0.2, -0.15) is 0 Å². The molecule has 0 aliphatic rings. The molecule has 3 N–H and O–H groups in total. The third kappa shape index (κ3) is 6.66. The van der Waals surface area contributed by atoms with Crippen LogP contribution < -0.4 is 26.2 Å². The Kier molecular flexibility index (Phi) is 8.58. The number of urea groups is 1. The zero-order valence-corrected chi connectivity index (χ0v) is 22.7. The van der Waals surface area contributed by atoms with Crippen LogP contribution in [0.3, 0.4) is 0 Å². The van der Waals surface area contributed by atoms with Crippen LogP contribution in [0, 0.1) is 0 Å². The van der Waals surface area contributed by atoms with Crippen LogP contribution in [0.2, 0.25) is 5.02 Å². The number of imidazole rings is 1. The summed E-state index contributed by atoms with van der Waals surface area (Å²) in [5.41, 5.74) is 5.35. The van der Waals surface area contributed by atoms with Crippen LogP contribution in [0.1, 0.15) is 29.8 Å². The molecule has 2 aromatic carbocycles. The van der Waals surface area contributed by atoms with E-state index >= 15 is 0 Å². The van der Waals surface area contributed by atoms with E-state index in [9.17, 15) is 9.59 Å². The van der Waals surface area contributed by atoms with Gasteiger partial charge in [-0.15, -0.1) is 0 Å². The highest BCUT2D eigenvalue weighted by Crippen LogP contribution is 2.26. The Morgan fingerprint density at radius 3 is 2.55 bits per heavy atom. The lowest BCUT2D eigenvalue weighted by atomic mass is 9.98. The fourth-order valence-corrected chi connectivity index (χ4v) is 4.35. The number of nitrogens with one attached hydrogen (secondary N) is 3. The molecule has 8 nitrogen and oxygen atoms in total. The van der Waals surface area contributed by atoms with Crippen LogP contribution in [0.15, 0.2) is 67.0 Å². The Balaban J connectivity index is 1.48. The maximum absolute atomic E-state index is 13.0. The average Bonchev–Trinajstić information content (AvgIpc) is 3.34. The summed E-state index contributed by atoms with van der Waals surface area (Å²) in [7, 11) is 3.59. The van der Waals surface area contributed by atoms with Crippen molar-refractivity contribution in [3.63, 3.8) is 0 Å². The van der Waals surface area contributed by atoms with E-state index in [1.54, 1.807) is 25.2 Å². The van der Waals surface area contributed by atoms with Gasteiger partial charge in [-0.1, -0.05) is 41.9 Å². The van der Waals surface area contributed by atoms with E-state index in [-0.39, 0.29) is 30.6 Å². The molecule has 38 heavy (non-hydrogen) atoms. The van der Waals surface area contributed by atoms with E-state index < -0.39 is 0 Å². The number of aromatic nitrogens is 2. The van der Waals surface area contributed by atoms with Gasteiger partial charge in [0, 0.05) is 37.1 Å². The lowest BCUT2D eigenvalue weighted by Gasteiger charge is -2.20. The van der Waals surface area contributed by atoms with Gasteiger partial charge in [0.15, 0.2) is 0 Å². The van der Waals surface area contributed by atoms with Gasteiger partial charge in [-0.25, -0.2) is 9.78 Å². The third-order valence-corrected chi connectivity index (χ3v) is 6.33. The number of benzene rings is 2. The zero-order chi connectivity index (χ0) is 27.2. The highest BCUT2D eigenvalue weighted by atomic mass is 35.5. The first-order valence-electron chi connectivity index (χ1n) is 12.5. The van der Waals surface area contributed by atoms with Crippen LogP contribution in [0.5, 0.6) is 5.75 Å². The number of nitrogens with zero attached hydrogens (tertiary/aromatic N) is 2. The predicted molar refractivity (Wildman–Crippen MR) is 153 cm³/mol. The Morgan fingerprint density at radius 1 is 1.13 bits per heavy atom. The first-order chi connectivity index (χ1) is 18.2. The van der Waals surface area contributed by atoms with Gasteiger partial charge in [0.2, 0.25) is 0 Å². The van der Waals surface area contributed by atoms with E-state index in [4.69, 9.17) is 21.3 Å². The largest absolute Gasteiger partial charge is 0.489 e. The Labute approximate surface area is 228 Å². The van der Waals surface area contributed by atoms with Crippen LogP contribution in [0.25, 0.3) is 16.9 Å². The quantitative estimate of drug-likeness (QED) is 0.289. The van der Waals surface area contributed by atoms with Crippen LogP contribution in [-0.2, 0) is 6.42 Å². The van der Waals surface area contributed by atoms with Gasteiger partial charge >= 0.3 is 6.03 Å². The van der Waals surface area contributed by atoms with Gasteiger partial charge in [0.1, 0.15) is 19.2 Å². The lowest BCUT2D eigenvalue weighted by molar-refractivity contribution is 0.0936. The smallest absolute Gasteiger partial charge is 0.314 e. The Morgan fingerprint density at radius 2 is 1.89 bits per heavy atom. The second-order valence-corrected chi connectivity index (χ2v) is 9.80. The number of hydrogen-bond acceptors (Lipinski definition) is 4. The van der Waals surface area contributed by atoms with Crippen molar-refractivity contribution >= 4 is 42.5 Å². The van der Waals surface area contributed by atoms with Crippen molar-refractivity contribution in [3.8, 4) is 17.0 Å². The Bertz CT molecular complexity index is 1440. The number of fused-ring (bicyclic) bond motifs is 1. The monoisotopic (exact) mass is 531 g/mol. The minimum Gasteiger partial charge on any atom is -0.489 e. The number of amides is 3. The highest BCUT2D eigenvalue weighted by Gasteiger charge is 2.17. The van der Waals surface area contributed by atoms with Crippen molar-refractivity contribution in [3.05, 3.63) is 83.1 Å². The molecule has 196 valence electrons. The molecule has 0 aliphatic carbocycles. The van der Waals surface area contributed by atoms with Crippen molar-refractivity contribution in [1.82, 2.24) is 25.3 Å². The average molecular weight is 532 g/mol. The van der Waals surface area contributed by atoms with E-state index in [1.807, 2.05) is 74.9 Å². The van der Waals surface area contributed by atoms with Gasteiger partial charge < -0.3 is 25.1 Å². The van der Waals surface area contributed by atoms with Crippen molar-refractivity contribution in [1.29, 1.82) is 0 Å². The van der Waals surface area contributed by atoms with E-state index in [0.717, 1.165) is 27.9 Å². The number of rotatable bonds is 9. The molecule has 0 unspecified atom stereocenters. The number of carbonyl (C=O) groups excluding carboxylic acids is 2. The van der Waals surface area contributed by atoms with Crippen molar-refractivity contribution in [2.45, 2.75) is 32.4 Å². The van der Waals surface area contributed by atoms with E-state index in [2.05, 4.69) is 16.0 Å². The highest BCUT2D eigenvalue weighted by molar-refractivity contribution is 6.36. The zero-order valence-electron chi connectivity index (χ0n) is 21.9. The fourth-order valence-electron chi connectivity index (χ4n) is 4.13. The van der Waals surface area contributed by atoms with Gasteiger partial charge in [-0.3, -0.25) is 4.79 Å². The first kappa shape index (κ1) is 27.1. The van der Waals surface area contributed by atoms with Crippen molar-refractivity contribution in [2.75, 3.05) is 13.6 Å². The summed E-state index contributed by atoms with van der Waals surface area (Å²) in [6.45, 7) is 4.07. The molecular weight excluding hydrogens is 501 g/mol. The standard InChI is InChI=1S/C28H31BClN5O3/c1-17(2)38-25-11-10-20(14-23(25)30)27(36)33-21(15-32-28(37)31-3)13-18-6-8-19(9-7-18)24-16-35-12-4-5-22(29)26(35)34-24/h4-12,14,16-17,21H,13,15,29H2,1-3H3,(H,33,36)(H2,31,32,37)/t21-/m0/s1. The van der Waals surface area contributed by atoms with Gasteiger partial charge in [0.05, 0.1) is 22.9 Å². The molecule has 0 spiro atoms. The number of hydrogen-bond donors (Lipinski definition) is 3. The number of carbonyl (C=O) groups is 2. The molecule has 3 amide bonds. The maximum Gasteiger partial charge on any atom is 0.314 e. The van der Waals surface area contributed by atoms with Crippen molar-refractivity contribution in [2.24, 2.45) is 0 Å². The molecule has 0 fully saturated rings. The molecule has 0 saturated heterocycles. The SMILES string of the molecule is Bc1cccn2cc(-c3ccc(C[C@@H](CNC(=O)NC)NC(=O)c4ccc(OC(C)C)c(Cl)c4)cc3)nc12. The molecule has 0 saturated carbocycles. The molecule has 2 aromatic heterocycles. The second kappa shape index (κ2) is 12.0. The molecule has 4 rings (SSSR count). The van der Waals surface area contributed by atoms with Gasteiger partial charge in [-0.05, 0) is 55.6 Å². The van der Waals surface area contributed by atoms with Crippen molar-refractivity contribution < 1.29 is 14.3 Å². The van der Waals surface area contributed by atoms with E-state index in [1.165, 1.54) is 0 Å². The summed E-state index contributed by atoms with van der Waals surface area (Å²) < 4.78 is 7.67. The normalized spacial score (nSPS) is 11.8. The third-order valence-electron chi connectivity index (χ3n) is 6.04. The van der Waals surface area contributed by atoms with Crippen LogP contribution in [0.4, 0.5) is 4.79 Å². The minimum absolute atomic E-state index is 0.0319. The maximum atomic E-state index is 13.0. The second-order valence-electron chi connectivity index (χ2n) is 9.39. The Hall–Kier alpha value is -3.98. The molecule has 2 heterocycles. The number of halogens is 1. The summed E-state index contributed by atoms with van der Waals surface area (Å²) in [5.74, 6) is 0.236. The minimum atomic E-state index is -0.353. The number of ether oxygens (including phenoxy) is 1. The summed E-state index contributed by atoms with van der Waals surface area (Å²) in [5, 5.41) is 8.71. The molecule has 1 atom stereocenters. The number of pyridine rings is 1. The topological polar surface area (TPSA) is 96.8 Å². The van der Waals surface area contributed by atoms with Gasteiger partial charge in [0.25, 0.3) is 5.91 Å². The molecule has 0 radical (unpaired) electrons. The van der Waals surface area contributed by atoms with Crippen LogP contribution in [-0.4, -0.2) is 54.9 Å². The molecule has 4 aromatic rings. The molecule has 0 aliphatic heterocycles.